The summed E-state index contributed by atoms with van der Waals surface area (Å²) >= 11 is 0. The minimum absolute atomic E-state index is 0.00825. The van der Waals surface area contributed by atoms with Gasteiger partial charge < -0.3 is 14.5 Å². The van der Waals surface area contributed by atoms with Crippen molar-refractivity contribution in [3.63, 3.8) is 0 Å². The molecule has 3 aromatic rings. The molecule has 0 spiro atoms. The molecule has 0 radical (unpaired) electrons. The Morgan fingerprint density at radius 2 is 1.89 bits per heavy atom. The van der Waals surface area contributed by atoms with Gasteiger partial charge in [0.05, 0.1) is 16.7 Å². The molecule has 1 aliphatic rings. The number of rotatable bonds is 7. The zero-order valence-corrected chi connectivity index (χ0v) is 19.6. The molecule has 35 heavy (non-hydrogen) atoms. The van der Waals surface area contributed by atoms with Gasteiger partial charge in [-0.25, -0.2) is 18.2 Å². The molecule has 1 aromatic heterocycles. The minimum Gasteiger partial charge on any atom is -0.452 e. The molecule has 0 unspecified atom stereocenters. The summed E-state index contributed by atoms with van der Waals surface area (Å²) in [5.74, 6) is -0.273. The summed E-state index contributed by atoms with van der Waals surface area (Å²) in [5, 5.41) is 2.54. The van der Waals surface area contributed by atoms with Crippen molar-refractivity contribution in [1.82, 2.24) is 9.71 Å². The Balaban J connectivity index is 1.32. The first-order chi connectivity index (χ1) is 16.9. The fourth-order valence-electron chi connectivity index (χ4n) is 3.45. The molecular formula is C24H24N4O6S. The minimum atomic E-state index is -3.84. The lowest BCUT2D eigenvalue weighted by Crippen LogP contribution is -2.30. The molecule has 0 saturated heterocycles. The second kappa shape index (κ2) is 11.0. The zero-order chi connectivity index (χ0) is 24.7. The number of nitrogens with one attached hydrogen (secondary N) is 2. The van der Waals surface area contributed by atoms with Gasteiger partial charge >= 0.3 is 5.97 Å². The Kier molecular flexibility index (Phi) is 7.56. The molecule has 2 N–H and O–H groups in total. The molecule has 1 aliphatic heterocycles. The highest BCUT2D eigenvalue weighted by atomic mass is 32.2. The third kappa shape index (κ3) is 6.54. The van der Waals surface area contributed by atoms with E-state index in [1.165, 1.54) is 24.6 Å². The number of carbonyl (C=O) groups excluding carboxylic acids is 2. The van der Waals surface area contributed by atoms with E-state index in [9.17, 15) is 18.0 Å². The summed E-state index contributed by atoms with van der Waals surface area (Å²) < 4.78 is 38.3. The zero-order valence-electron chi connectivity index (χ0n) is 18.8. The van der Waals surface area contributed by atoms with Crippen LogP contribution >= 0.6 is 0 Å². The second-order valence-corrected chi connectivity index (χ2v) is 9.52. The van der Waals surface area contributed by atoms with E-state index in [1.807, 2.05) is 0 Å². The quantitative estimate of drug-likeness (QED) is 0.478. The first-order valence-electron chi connectivity index (χ1n) is 11.0. The third-order valence-electron chi connectivity index (χ3n) is 5.23. The summed E-state index contributed by atoms with van der Waals surface area (Å²) in [6.45, 7) is 0.0625. The smallest absolute Gasteiger partial charge is 0.338 e. The maximum atomic E-state index is 12.7. The topological polar surface area (TPSA) is 140 Å². The predicted molar refractivity (Wildman–Crippen MR) is 128 cm³/mol. The normalized spacial score (nSPS) is 13.9. The molecule has 1 amide bonds. The molecule has 0 atom stereocenters. The van der Waals surface area contributed by atoms with Gasteiger partial charge in [-0.05, 0) is 43.2 Å². The van der Waals surface area contributed by atoms with Gasteiger partial charge in [0.2, 0.25) is 0 Å². The average molecular weight is 497 g/mol. The van der Waals surface area contributed by atoms with E-state index in [0.29, 0.717) is 24.6 Å². The highest BCUT2D eigenvalue weighted by Crippen LogP contribution is 2.19. The fraction of sp³-hybridized carbons (Fsp3) is 0.250. The summed E-state index contributed by atoms with van der Waals surface area (Å²) in [6.07, 6.45) is 6.26. The Morgan fingerprint density at radius 3 is 2.66 bits per heavy atom. The fourth-order valence-corrected chi connectivity index (χ4v) is 4.59. The van der Waals surface area contributed by atoms with E-state index in [0.717, 1.165) is 24.8 Å². The van der Waals surface area contributed by atoms with Crippen LogP contribution in [-0.4, -0.2) is 44.3 Å². The average Bonchev–Trinajstić information content (AvgIpc) is 3.28. The lowest BCUT2D eigenvalue weighted by Gasteiger charge is -2.11. The number of anilines is 1. The summed E-state index contributed by atoms with van der Waals surface area (Å²) in [5.41, 5.74) is 1.27. The van der Waals surface area contributed by atoms with Gasteiger partial charge in [-0.15, -0.1) is 0 Å². The number of hydrogen-bond donors (Lipinski definition) is 2. The largest absolute Gasteiger partial charge is 0.452 e. The number of nitrogens with zero attached hydrogens (tertiary/aromatic N) is 2. The highest BCUT2D eigenvalue weighted by molar-refractivity contribution is 7.90. The number of carbonyl (C=O) groups is 2. The van der Waals surface area contributed by atoms with E-state index in [4.69, 9.17) is 9.15 Å². The number of amidine groups is 1. The third-order valence-corrected chi connectivity index (χ3v) is 6.61. The molecule has 0 aliphatic carbocycles. The number of hydrogen-bond acceptors (Lipinski definition) is 8. The van der Waals surface area contributed by atoms with E-state index < -0.39 is 28.5 Å². The van der Waals surface area contributed by atoms with Gasteiger partial charge in [0.25, 0.3) is 15.9 Å². The van der Waals surface area contributed by atoms with Gasteiger partial charge in [0.1, 0.15) is 5.84 Å². The van der Waals surface area contributed by atoms with Gasteiger partial charge in [-0.1, -0.05) is 24.6 Å². The SMILES string of the molecule is O=C(COC(=O)c1ccc(-c2cnco2)cc1)Nc1cccc(S(=O)(=O)NC2=NCCCCC2)c1. The monoisotopic (exact) mass is 496 g/mol. The summed E-state index contributed by atoms with van der Waals surface area (Å²) in [7, 11) is -3.84. The maximum absolute atomic E-state index is 12.7. The van der Waals surface area contributed by atoms with Crippen LogP contribution in [0.2, 0.25) is 0 Å². The lowest BCUT2D eigenvalue weighted by molar-refractivity contribution is -0.119. The van der Waals surface area contributed by atoms with Crippen molar-refractivity contribution in [2.24, 2.45) is 4.99 Å². The van der Waals surface area contributed by atoms with Crippen molar-refractivity contribution in [2.45, 2.75) is 30.6 Å². The Morgan fingerprint density at radius 1 is 1.06 bits per heavy atom. The van der Waals surface area contributed by atoms with Crippen molar-refractivity contribution in [3.05, 3.63) is 66.7 Å². The standard InChI is InChI=1S/C24H24N4O6S/c29-23(15-33-24(30)18-10-8-17(9-11-18)21-14-25-16-34-21)27-19-5-4-6-20(13-19)35(31,32)28-22-7-2-1-3-12-26-22/h4-6,8-11,13-14,16H,1-3,7,12,15H2,(H,26,28)(H,27,29). The number of sulfonamides is 1. The van der Waals surface area contributed by atoms with Crippen molar-refractivity contribution >= 4 is 33.4 Å². The van der Waals surface area contributed by atoms with E-state index in [2.05, 4.69) is 20.0 Å². The van der Waals surface area contributed by atoms with Crippen LogP contribution in [0.5, 0.6) is 0 Å². The van der Waals surface area contributed by atoms with Crippen LogP contribution < -0.4 is 10.0 Å². The molecule has 2 heterocycles. The van der Waals surface area contributed by atoms with Gasteiger partial charge in [0, 0.05) is 24.2 Å². The first kappa shape index (κ1) is 24.1. The van der Waals surface area contributed by atoms with Gasteiger partial charge in [0.15, 0.2) is 18.8 Å². The van der Waals surface area contributed by atoms with Crippen LogP contribution in [0, 0.1) is 0 Å². The number of oxazole rings is 1. The van der Waals surface area contributed by atoms with Crippen molar-refractivity contribution < 1.29 is 27.2 Å². The van der Waals surface area contributed by atoms with Crippen LogP contribution in [0.4, 0.5) is 5.69 Å². The first-order valence-corrected chi connectivity index (χ1v) is 12.5. The molecule has 0 saturated carbocycles. The van der Waals surface area contributed by atoms with E-state index in [-0.39, 0.29) is 16.1 Å². The molecule has 0 fully saturated rings. The van der Waals surface area contributed by atoms with Crippen molar-refractivity contribution in [1.29, 1.82) is 0 Å². The van der Waals surface area contributed by atoms with Crippen LogP contribution in [0.15, 0.2) is 75.4 Å². The number of aromatic nitrogens is 1. The number of esters is 1. The van der Waals surface area contributed by atoms with E-state index >= 15 is 0 Å². The number of benzene rings is 2. The number of aliphatic imine (C=N–C) groups is 1. The molecule has 4 rings (SSSR count). The molecule has 10 nitrogen and oxygen atoms in total. The number of amides is 1. The second-order valence-electron chi connectivity index (χ2n) is 7.84. The summed E-state index contributed by atoms with van der Waals surface area (Å²) in [6, 6.07) is 12.3. The van der Waals surface area contributed by atoms with Crippen molar-refractivity contribution in [3.8, 4) is 11.3 Å². The van der Waals surface area contributed by atoms with Gasteiger partial charge in [-0.2, -0.15) is 0 Å². The van der Waals surface area contributed by atoms with Crippen molar-refractivity contribution in [2.75, 3.05) is 18.5 Å². The van der Waals surface area contributed by atoms with Crippen LogP contribution in [0.1, 0.15) is 36.0 Å². The van der Waals surface area contributed by atoms with Crippen LogP contribution in [-0.2, 0) is 19.6 Å². The highest BCUT2D eigenvalue weighted by Gasteiger charge is 2.18. The predicted octanol–water partition coefficient (Wildman–Crippen LogP) is 3.39. The Labute approximate surface area is 202 Å². The number of ether oxygens (including phenoxy) is 1. The van der Waals surface area contributed by atoms with Gasteiger partial charge in [-0.3, -0.25) is 14.5 Å². The molecule has 182 valence electrons. The van der Waals surface area contributed by atoms with Crippen LogP contribution in [0.25, 0.3) is 11.3 Å². The van der Waals surface area contributed by atoms with E-state index in [1.54, 1.807) is 36.5 Å². The Hall–Kier alpha value is -3.99. The van der Waals surface area contributed by atoms with Crippen LogP contribution in [0.3, 0.4) is 0 Å². The molecule has 0 bridgehead atoms. The Bertz CT molecular complexity index is 1320. The maximum Gasteiger partial charge on any atom is 0.338 e. The summed E-state index contributed by atoms with van der Waals surface area (Å²) in [4.78, 5) is 32.7. The molecule has 2 aromatic carbocycles. The molecular weight excluding hydrogens is 472 g/mol. The lowest BCUT2D eigenvalue weighted by atomic mass is 10.1. The molecule has 11 heteroatoms.